The van der Waals surface area contributed by atoms with E-state index in [9.17, 15) is 9.59 Å². The first-order valence-electron chi connectivity index (χ1n) is 3.63. The molecule has 0 aliphatic carbocycles. The molecule has 0 aromatic rings. The molecule has 0 saturated heterocycles. The number of esters is 1. The number of hydrogen-bond acceptors (Lipinski definition) is 4. The second-order valence-corrected chi connectivity index (χ2v) is 3.18. The van der Waals surface area contributed by atoms with Crippen molar-refractivity contribution in [1.29, 1.82) is 0 Å². The Kier molecular flexibility index (Phi) is 5.90. The molecule has 0 bridgehead atoms. The van der Waals surface area contributed by atoms with E-state index in [-0.39, 0.29) is 5.88 Å². The van der Waals surface area contributed by atoms with Crippen LogP contribution in [-0.2, 0) is 14.3 Å². The quantitative estimate of drug-likeness (QED) is 0.413. The number of hydrogen-bond donors (Lipinski definition) is 2. The highest BCUT2D eigenvalue weighted by Gasteiger charge is 2.23. The van der Waals surface area contributed by atoms with Crippen molar-refractivity contribution >= 4 is 36.2 Å². The first-order valence-corrected chi connectivity index (χ1v) is 4.79. The van der Waals surface area contributed by atoms with E-state index in [0.717, 1.165) is 0 Å². The maximum absolute atomic E-state index is 11.1. The predicted octanol–water partition coefficient (Wildman–Crippen LogP) is 0.787. The van der Waals surface area contributed by atoms with E-state index < -0.39 is 24.0 Å². The third-order valence-electron chi connectivity index (χ3n) is 1.35. The normalized spacial score (nSPS) is 14.7. The van der Waals surface area contributed by atoms with E-state index in [2.05, 4.69) is 17.4 Å². The van der Waals surface area contributed by atoms with Gasteiger partial charge in [-0.05, 0) is 0 Å². The Bertz CT molecular complexity index is 197. The van der Waals surface area contributed by atoms with Crippen molar-refractivity contribution in [3.05, 3.63) is 0 Å². The fourth-order valence-corrected chi connectivity index (χ4v) is 0.823. The molecule has 0 rings (SSSR count). The molecule has 1 N–H and O–H groups in total. The molecule has 0 aliphatic heterocycles. The molecule has 0 aromatic heterocycles. The molecule has 2 atom stereocenters. The minimum absolute atomic E-state index is 0.250. The summed E-state index contributed by atoms with van der Waals surface area (Å²) in [4.78, 5) is 21.5. The van der Waals surface area contributed by atoms with Crippen molar-refractivity contribution in [3.63, 3.8) is 0 Å². The minimum atomic E-state index is -1.27. The van der Waals surface area contributed by atoms with Crippen LogP contribution < -0.4 is 0 Å². The molecule has 0 amide bonds. The lowest BCUT2D eigenvalue weighted by Gasteiger charge is -2.13. The molecule has 0 aromatic carbocycles. The summed E-state index contributed by atoms with van der Waals surface area (Å²) in [7, 11) is 0. The molecule has 0 spiro atoms. The number of carbonyl (C=O) groups excluding carboxylic acids is 1. The molecule has 13 heavy (non-hydrogen) atoms. The largest absolute Gasteiger partial charge is 0.478 e. The van der Waals surface area contributed by atoms with Crippen molar-refractivity contribution in [2.45, 2.75) is 13.0 Å². The van der Waals surface area contributed by atoms with Crippen LogP contribution in [-0.4, -0.2) is 34.8 Å². The van der Waals surface area contributed by atoms with Crippen LogP contribution >= 0.6 is 24.2 Å². The third-order valence-corrected chi connectivity index (χ3v) is 2.18. The van der Waals surface area contributed by atoms with Crippen molar-refractivity contribution in [3.8, 4) is 0 Å². The van der Waals surface area contributed by atoms with Gasteiger partial charge in [-0.1, -0.05) is 6.92 Å². The lowest BCUT2D eigenvalue weighted by Crippen LogP contribution is -2.31. The van der Waals surface area contributed by atoms with Crippen LogP contribution in [0.25, 0.3) is 0 Å². The van der Waals surface area contributed by atoms with Crippen molar-refractivity contribution in [2.75, 3.05) is 11.6 Å². The van der Waals surface area contributed by atoms with Gasteiger partial charge in [-0.3, -0.25) is 4.79 Å². The van der Waals surface area contributed by atoms with E-state index in [1.165, 1.54) is 0 Å². The zero-order valence-electron chi connectivity index (χ0n) is 7.07. The van der Waals surface area contributed by atoms with E-state index in [1.54, 1.807) is 6.92 Å². The van der Waals surface area contributed by atoms with Gasteiger partial charge < -0.3 is 9.84 Å². The van der Waals surface area contributed by atoms with Crippen LogP contribution in [0.15, 0.2) is 0 Å². The molecule has 4 nitrogen and oxygen atoms in total. The standard InChI is InChI=1S/C7H11ClO4S/c1-4(3-13)7(11)12-5(2-8)6(9)10/h4-5,13H,2-3H2,1H3,(H,9,10)/t4-,5+/m1/s1. The molecule has 6 heteroatoms. The second kappa shape index (κ2) is 6.10. The van der Waals surface area contributed by atoms with E-state index in [1.807, 2.05) is 0 Å². The van der Waals surface area contributed by atoms with Crippen molar-refractivity contribution < 1.29 is 19.4 Å². The van der Waals surface area contributed by atoms with Crippen LogP contribution in [0.5, 0.6) is 0 Å². The van der Waals surface area contributed by atoms with Crippen molar-refractivity contribution in [1.82, 2.24) is 0 Å². The average molecular weight is 227 g/mol. The van der Waals surface area contributed by atoms with Gasteiger partial charge in [0.05, 0.1) is 11.8 Å². The fourth-order valence-electron chi connectivity index (χ4n) is 0.479. The Hall–Kier alpha value is -0.420. The number of ether oxygens (including phenoxy) is 1. The molecule has 0 fully saturated rings. The monoisotopic (exact) mass is 226 g/mol. The van der Waals surface area contributed by atoms with E-state index in [4.69, 9.17) is 16.7 Å². The number of rotatable bonds is 5. The highest BCUT2D eigenvalue weighted by molar-refractivity contribution is 7.80. The number of aliphatic carboxylic acids is 1. The van der Waals surface area contributed by atoms with Crippen LogP contribution in [0, 0.1) is 5.92 Å². The van der Waals surface area contributed by atoms with Gasteiger partial charge in [0.2, 0.25) is 6.10 Å². The maximum atomic E-state index is 11.1. The second-order valence-electron chi connectivity index (χ2n) is 2.50. The summed E-state index contributed by atoms with van der Waals surface area (Å²) < 4.78 is 4.59. The molecular weight excluding hydrogens is 216 g/mol. The Balaban J connectivity index is 4.09. The van der Waals surface area contributed by atoms with Crippen LogP contribution in [0.4, 0.5) is 0 Å². The van der Waals surface area contributed by atoms with Gasteiger partial charge in [0.25, 0.3) is 0 Å². The molecule has 0 radical (unpaired) electrons. The van der Waals surface area contributed by atoms with E-state index >= 15 is 0 Å². The molecule has 76 valence electrons. The Morgan fingerprint density at radius 1 is 1.62 bits per heavy atom. The van der Waals surface area contributed by atoms with Gasteiger partial charge in [0, 0.05) is 5.75 Å². The molecular formula is C7H11ClO4S. The van der Waals surface area contributed by atoms with E-state index in [0.29, 0.717) is 5.75 Å². The van der Waals surface area contributed by atoms with Crippen LogP contribution in [0.3, 0.4) is 0 Å². The Morgan fingerprint density at radius 3 is 2.46 bits per heavy atom. The summed E-state index contributed by atoms with van der Waals surface area (Å²) in [6.45, 7) is 1.60. The highest BCUT2D eigenvalue weighted by atomic mass is 35.5. The summed E-state index contributed by atoms with van der Waals surface area (Å²) in [5.74, 6) is -2.19. The van der Waals surface area contributed by atoms with Gasteiger partial charge in [0.15, 0.2) is 0 Å². The Labute approximate surface area is 86.6 Å². The zero-order valence-corrected chi connectivity index (χ0v) is 8.72. The van der Waals surface area contributed by atoms with Gasteiger partial charge in [-0.15, -0.1) is 11.6 Å². The summed E-state index contributed by atoms with van der Waals surface area (Å²) in [5.41, 5.74) is 0. The van der Waals surface area contributed by atoms with Crippen molar-refractivity contribution in [2.24, 2.45) is 5.92 Å². The van der Waals surface area contributed by atoms with Gasteiger partial charge in [-0.25, -0.2) is 4.79 Å². The maximum Gasteiger partial charge on any atom is 0.346 e. The SMILES string of the molecule is C[C@H](CS)C(=O)O[C@@H](CCl)C(=O)O. The summed E-state index contributed by atoms with van der Waals surface area (Å²) >= 11 is 9.15. The Morgan fingerprint density at radius 2 is 2.15 bits per heavy atom. The predicted molar refractivity (Wildman–Crippen MR) is 51.3 cm³/mol. The first-order chi connectivity index (χ1) is 6.02. The summed E-state index contributed by atoms with van der Waals surface area (Å²) in [5, 5.41) is 8.50. The van der Waals surface area contributed by atoms with Gasteiger partial charge >= 0.3 is 11.9 Å². The lowest BCUT2D eigenvalue weighted by atomic mass is 10.2. The number of alkyl halides is 1. The zero-order chi connectivity index (χ0) is 10.4. The summed E-state index contributed by atoms with van der Waals surface area (Å²) in [6, 6.07) is 0. The molecule has 0 heterocycles. The topological polar surface area (TPSA) is 63.6 Å². The molecule has 0 saturated carbocycles. The lowest BCUT2D eigenvalue weighted by molar-refractivity contribution is -0.164. The number of carboxylic acids is 1. The number of halogens is 1. The van der Waals surface area contributed by atoms with Gasteiger partial charge in [0.1, 0.15) is 0 Å². The molecule has 0 unspecified atom stereocenters. The summed E-state index contributed by atoms with van der Waals surface area (Å²) in [6.07, 6.45) is -1.27. The smallest absolute Gasteiger partial charge is 0.346 e. The van der Waals surface area contributed by atoms with Crippen LogP contribution in [0.2, 0.25) is 0 Å². The average Bonchev–Trinajstić information content (AvgIpc) is 2.11. The first kappa shape index (κ1) is 12.6. The fraction of sp³-hybridized carbons (Fsp3) is 0.714. The minimum Gasteiger partial charge on any atom is -0.478 e. The highest BCUT2D eigenvalue weighted by Crippen LogP contribution is 2.05. The van der Waals surface area contributed by atoms with Gasteiger partial charge in [-0.2, -0.15) is 12.6 Å². The third kappa shape index (κ3) is 4.38. The molecule has 0 aliphatic rings. The van der Waals surface area contributed by atoms with Crippen LogP contribution in [0.1, 0.15) is 6.92 Å². The number of carboxylic acid groups (broad SMARTS) is 1. The number of thiol groups is 1. The number of carbonyl (C=O) groups is 2.